The van der Waals surface area contributed by atoms with E-state index in [9.17, 15) is 14.0 Å². The Hall–Kier alpha value is -2.68. The minimum absolute atomic E-state index is 0.0416. The van der Waals surface area contributed by atoms with Gasteiger partial charge >= 0.3 is 12.1 Å². The van der Waals surface area contributed by atoms with Crippen LogP contribution in [0, 0.1) is 5.82 Å². The van der Waals surface area contributed by atoms with Crippen molar-refractivity contribution in [3.05, 3.63) is 46.2 Å². The van der Waals surface area contributed by atoms with Crippen molar-refractivity contribution in [2.75, 3.05) is 11.9 Å². The Labute approximate surface area is 161 Å². The van der Waals surface area contributed by atoms with Gasteiger partial charge in [-0.2, -0.15) is 0 Å². The topological polar surface area (TPSA) is 86.4 Å². The number of rotatable bonds is 4. The first-order chi connectivity index (χ1) is 12.9. The summed E-state index contributed by atoms with van der Waals surface area (Å²) in [5, 5.41) is 8.87. The fourth-order valence-electron chi connectivity index (χ4n) is 2.71. The van der Waals surface area contributed by atoms with Crippen molar-refractivity contribution in [1.29, 1.82) is 0 Å². The van der Waals surface area contributed by atoms with E-state index in [1.807, 2.05) is 13.8 Å². The van der Waals surface area contributed by atoms with Crippen LogP contribution in [0.5, 0.6) is 0 Å². The second kappa shape index (κ2) is 8.34. The number of carbonyl (C=O) groups excluding carboxylic acids is 2. The summed E-state index contributed by atoms with van der Waals surface area (Å²) in [4.78, 5) is 31.3. The fourth-order valence-corrected chi connectivity index (χ4v) is 3.73. The van der Waals surface area contributed by atoms with Crippen molar-refractivity contribution in [3.8, 4) is 0 Å². The summed E-state index contributed by atoms with van der Waals surface area (Å²) in [6.45, 7) is 5.12. The predicted octanol–water partition coefficient (Wildman–Crippen LogP) is 3.08. The standard InChI is InChI=1S/C18H22FN5O2S/c1-11(2)21-16(25)23-17-22-14-7-8-24(10-15(14)27-17)18(26)20-9-12-3-5-13(19)6-4-12/h3-6,11H,7-10H2,1-2H3,(H,20,26)(H2,21,22,23,25). The van der Waals surface area contributed by atoms with Crippen LogP contribution in [-0.4, -0.2) is 34.5 Å². The lowest BCUT2D eigenvalue weighted by Crippen LogP contribution is -2.42. The Morgan fingerprint density at radius 3 is 2.74 bits per heavy atom. The van der Waals surface area contributed by atoms with Gasteiger partial charge in [0, 0.05) is 30.4 Å². The van der Waals surface area contributed by atoms with Crippen LogP contribution in [0.3, 0.4) is 0 Å². The van der Waals surface area contributed by atoms with E-state index in [1.54, 1.807) is 17.0 Å². The summed E-state index contributed by atoms with van der Waals surface area (Å²) in [5.74, 6) is -0.301. The first-order valence-corrected chi connectivity index (χ1v) is 9.55. The zero-order valence-electron chi connectivity index (χ0n) is 15.2. The number of benzene rings is 1. The minimum atomic E-state index is -0.301. The molecule has 1 aromatic heterocycles. The summed E-state index contributed by atoms with van der Waals surface area (Å²) >= 11 is 1.38. The van der Waals surface area contributed by atoms with Gasteiger partial charge in [0.05, 0.1) is 12.2 Å². The van der Waals surface area contributed by atoms with E-state index in [1.165, 1.54) is 23.5 Å². The molecule has 1 aliphatic rings. The highest BCUT2D eigenvalue weighted by Crippen LogP contribution is 2.28. The zero-order chi connectivity index (χ0) is 19.4. The van der Waals surface area contributed by atoms with Crippen molar-refractivity contribution < 1.29 is 14.0 Å². The van der Waals surface area contributed by atoms with Gasteiger partial charge < -0.3 is 15.5 Å². The number of halogens is 1. The van der Waals surface area contributed by atoms with Gasteiger partial charge in [0.1, 0.15) is 5.82 Å². The first kappa shape index (κ1) is 19.1. The van der Waals surface area contributed by atoms with Gasteiger partial charge in [0.25, 0.3) is 0 Å². The molecule has 9 heteroatoms. The molecule has 3 N–H and O–H groups in total. The third-order valence-corrected chi connectivity index (χ3v) is 5.01. The Bertz CT molecular complexity index is 822. The van der Waals surface area contributed by atoms with Gasteiger partial charge in [-0.15, -0.1) is 0 Å². The molecule has 0 saturated carbocycles. The zero-order valence-corrected chi connectivity index (χ0v) is 16.0. The molecule has 0 radical (unpaired) electrons. The minimum Gasteiger partial charge on any atom is -0.336 e. The number of anilines is 1. The second-order valence-corrected chi connectivity index (χ2v) is 7.68. The lowest BCUT2D eigenvalue weighted by Gasteiger charge is -2.26. The van der Waals surface area contributed by atoms with Crippen molar-refractivity contribution in [3.63, 3.8) is 0 Å². The third-order valence-electron chi connectivity index (χ3n) is 4.02. The SMILES string of the molecule is CC(C)NC(=O)Nc1nc2c(s1)CN(C(=O)NCc1ccc(F)cc1)CC2. The van der Waals surface area contributed by atoms with Crippen LogP contribution in [0.15, 0.2) is 24.3 Å². The molecule has 0 unspecified atom stereocenters. The average molecular weight is 391 g/mol. The molecule has 3 rings (SSSR count). The van der Waals surface area contributed by atoms with Gasteiger partial charge in [0.15, 0.2) is 5.13 Å². The molecule has 4 amide bonds. The number of urea groups is 2. The van der Waals surface area contributed by atoms with E-state index in [4.69, 9.17) is 0 Å². The maximum atomic E-state index is 12.9. The number of aromatic nitrogens is 1. The third kappa shape index (κ3) is 5.16. The number of amides is 4. The van der Waals surface area contributed by atoms with Crippen LogP contribution < -0.4 is 16.0 Å². The average Bonchev–Trinajstić information content (AvgIpc) is 3.01. The molecule has 2 aromatic rings. The molecule has 2 heterocycles. The number of nitrogens with zero attached hydrogens (tertiary/aromatic N) is 2. The summed E-state index contributed by atoms with van der Waals surface area (Å²) in [7, 11) is 0. The maximum Gasteiger partial charge on any atom is 0.321 e. The smallest absolute Gasteiger partial charge is 0.321 e. The Morgan fingerprint density at radius 2 is 2.04 bits per heavy atom. The van der Waals surface area contributed by atoms with E-state index < -0.39 is 0 Å². The predicted molar refractivity (Wildman–Crippen MR) is 102 cm³/mol. The summed E-state index contributed by atoms with van der Waals surface area (Å²) < 4.78 is 12.9. The number of carbonyl (C=O) groups is 2. The Kier molecular flexibility index (Phi) is 5.90. The molecular formula is C18H22FN5O2S. The molecule has 0 aliphatic carbocycles. The molecule has 27 heavy (non-hydrogen) atoms. The number of hydrogen-bond donors (Lipinski definition) is 3. The van der Waals surface area contributed by atoms with Gasteiger partial charge in [0.2, 0.25) is 0 Å². The van der Waals surface area contributed by atoms with E-state index in [0.717, 1.165) is 16.1 Å². The van der Waals surface area contributed by atoms with E-state index in [-0.39, 0.29) is 23.9 Å². The summed E-state index contributed by atoms with van der Waals surface area (Å²) in [6.07, 6.45) is 0.642. The molecule has 0 spiro atoms. The van der Waals surface area contributed by atoms with Gasteiger partial charge in [-0.25, -0.2) is 19.0 Å². The highest BCUT2D eigenvalue weighted by Gasteiger charge is 2.24. The number of nitrogens with one attached hydrogen (secondary N) is 3. The highest BCUT2D eigenvalue weighted by molar-refractivity contribution is 7.15. The van der Waals surface area contributed by atoms with Crippen LogP contribution in [0.1, 0.15) is 30.0 Å². The molecule has 0 bridgehead atoms. The lowest BCUT2D eigenvalue weighted by atomic mass is 10.2. The van der Waals surface area contributed by atoms with Crippen molar-refractivity contribution in [2.24, 2.45) is 0 Å². The monoisotopic (exact) mass is 391 g/mol. The van der Waals surface area contributed by atoms with Gasteiger partial charge in [-0.05, 0) is 31.5 Å². The summed E-state index contributed by atoms with van der Waals surface area (Å²) in [5.41, 5.74) is 1.75. The largest absolute Gasteiger partial charge is 0.336 e. The van der Waals surface area contributed by atoms with Gasteiger partial charge in [-0.3, -0.25) is 5.32 Å². The van der Waals surface area contributed by atoms with Crippen LogP contribution in [0.25, 0.3) is 0 Å². The normalized spacial score (nSPS) is 13.3. The van der Waals surface area contributed by atoms with Crippen molar-refractivity contribution in [1.82, 2.24) is 20.5 Å². The molecule has 0 fully saturated rings. The molecule has 0 saturated heterocycles. The van der Waals surface area contributed by atoms with Crippen LogP contribution in [0.4, 0.5) is 19.1 Å². The fraction of sp³-hybridized carbons (Fsp3) is 0.389. The molecule has 1 aliphatic heterocycles. The molecule has 1 aromatic carbocycles. The quantitative estimate of drug-likeness (QED) is 0.749. The van der Waals surface area contributed by atoms with E-state index in [2.05, 4.69) is 20.9 Å². The lowest BCUT2D eigenvalue weighted by molar-refractivity contribution is 0.192. The Morgan fingerprint density at radius 1 is 1.30 bits per heavy atom. The number of fused-ring (bicyclic) bond motifs is 1. The van der Waals surface area contributed by atoms with Gasteiger partial charge in [-0.1, -0.05) is 23.5 Å². The molecule has 7 nitrogen and oxygen atoms in total. The van der Waals surface area contributed by atoms with Crippen LogP contribution in [-0.2, 0) is 19.5 Å². The molecule has 144 valence electrons. The highest BCUT2D eigenvalue weighted by atomic mass is 32.1. The van der Waals surface area contributed by atoms with E-state index in [0.29, 0.717) is 31.2 Å². The molecule has 0 atom stereocenters. The number of hydrogen-bond acceptors (Lipinski definition) is 4. The first-order valence-electron chi connectivity index (χ1n) is 8.74. The van der Waals surface area contributed by atoms with Crippen LogP contribution >= 0.6 is 11.3 Å². The second-order valence-electron chi connectivity index (χ2n) is 6.60. The maximum absolute atomic E-state index is 12.9. The Balaban J connectivity index is 1.55. The van der Waals surface area contributed by atoms with Crippen molar-refractivity contribution >= 4 is 28.5 Å². The number of thiazole rings is 1. The van der Waals surface area contributed by atoms with Crippen LogP contribution in [0.2, 0.25) is 0 Å². The van der Waals surface area contributed by atoms with Crippen molar-refractivity contribution in [2.45, 2.75) is 39.4 Å². The van der Waals surface area contributed by atoms with E-state index >= 15 is 0 Å². The summed E-state index contributed by atoms with van der Waals surface area (Å²) in [6, 6.07) is 5.61. The molecular weight excluding hydrogens is 369 g/mol.